The van der Waals surface area contributed by atoms with Crippen molar-refractivity contribution in [2.24, 2.45) is 5.92 Å². The quantitative estimate of drug-likeness (QED) is 0.449. The molecule has 27 heavy (non-hydrogen) atoms. The lowest BCUT2D eigenvalue weighted by Gasteiger charge is -2.14. The Balaban J connectivity index is 2.11. The zero-order valence-corrected chi connectivity index (χ0v) is 17.5. The molecule has 5 nitrogen and oxygen atoms in total. The van der Waals surface area contributed by atoms with Crippen LogP contribution in [0.25, 0.3) is 11.0 Å². The third-order valence-corrected chi connectivity index (χ3v) is 5.44. The summed E-state index contributed by atoms with van der Waals surface area (Å²) in [6.45, 7) is 7.68. The van der Waals surface area contributed by atoms with Crippen molar-refractivity contribution in [1.29, 1.82) is 0 Å². The maximum absolute atomic E-state index is 13.3. The SMILES string of the molecule is COc1cccc(Cn2c(C)cc3nc(SC)n(CCC(C)C)c(=O)c32)c1. The topological polar surface area (TPSA) is 49.0 Å². The lowest BCUT2D eigenvalue weighted by molar-refractivity contribution is 0.414. The molecule has 3 rings (SSSR count). The van der Waals surface area contributed by atoms with E-state index >= 15 is 0 Å². The zero-order chi connectivity index (χ0) is 19.6. The number of rotatable bonds is 7. The van der Waals surface area contributed by atoms with E-state index in [0.717, 1.165) is 34.1 Å². The van der Waals surface area contributed by atoms with Crippen LogP contribution < -0.4 is 10.3 Å². The van der Waals surface area contributed by atoms with Gasteiger partial charge in [-0.2, -0.15) is 0 Å². The molecule has 0 aliphatic carbocycles. The minimum atomic E-state index is 0.0426. The Hall–Kier alpha value is -2.21. The second-order valence-electron chi connectivity index (χ2n) is 7.20. The van der Waals surface area contributed by atoms with Gasteiger partial charge in [0.25, 0.3) is 5.56 Å². The molecule has 0 saturated carbocycles. The van der Waals surface area contributed by atoms with Crippen molar-refractivity contribution in [2.45, 2.75) is 45.4 Å². The molecule has 0 amide bonds. The fraction of sp³-hybridized carbons (Fsp3) is 0.429. The van der Waals surface area contributed by atoms with E-state index in [1.54, 1.807) is 7.11 Å². The largest absolute Gasteiger partial charge is 0.497 e. The van der Waals surface area contributed by atoms with Crippen LogP contribution in [0.5, 0.6) is 5.75 Å². The van der Waals surface area contributed by atoms with Crippen LogP contribution in [-0.4, -0.2) is 27.5 Å². The van der Waals surface area contributed by atoms with E-state index in [4.69, 9.17) is 9.72 Å². The van der Waals surface area contributed by atoms with Gasteiger partial charge in [0.1, 0.15) is 11.3 Å². The van der Waals surface area contributed by atoms with Crippen LogP contribution in [0.2, 0.25) is 0 Å². The highest BCUT2D eigenvalue weighted by atomic mass is 32.2. The van der Waals surface area contributed by atoms with Crippen molar-refractivity contribution in [1.82, 2.24) is 14.1 Å². The summed E-state index contributed by atoms with van der Waals surface area (Å²) in [6.07, 6.45) is 2.93. The first kappa shape index (κ1) is 19.5. The van der Waals surface area contributed by atoms with Gasteiger partial charge in [0.05, 0.1) is 12.6 Å². The van der Waals surface area contributed by atoms with Crippen molar-refractivity contribution in [3.05, 3.63) is 51.9 Å². The molecule has 6 heteroatoms. The van der Waals surface area contributed by atoms with Gasteiger partial charge >= 0.3 is 0 Å². The number of thioether (sulfide) groups is 1. The van der Waals surface area contributed by atoms with Gasteiger partial charge in [0, 0.05) is 18.8 Å². The molecule has 0 radical (unpaired) electrons. The predicted molar refractivity (Wildman–Crippen MR) is 112 cm³/mol. The van der Waals surface area contributed by atoms with Gasteiger partial charge in [-0.05, 0) is 49.3 Å². The number of hydrogen-bond acceptors (Lipinski definition) is 4. The van der Waals surface area contributed by atoms with Gasteiger partial charge in [-0.15, -0.1) is 0 Å². The summed E-state index contributed by atoms with van der Waals surface area (Å²) in [5, 5.41) is 0.784. The minimum Gasteiger partial charge on any atom is -0.497 e. The second kappa shape index (κ2) is 8.21. The summed E-state index contributed by atoms with van der Waals surface area (Å²) in [7, 11) is 1.66. The molecule has 0 N–H and O–H groups in total. The molecule has 144 valence electrons. The highest BCUT2D eigenvalue weighted by molar-refractivity contribution is 7.98. The molecule has 0 aliphatic rings. The van der Waals surface area contributed by atoms with E-state index in [2.05, 4.69) is 24.5 Å². The molecule has 2 aromatic heterocycles. The number of benzene rings is 1. The molecular weight excluding hydrogens is 358 g/mol. The lowest BCUT2D eigenvalue weighted by atomic mass is 10.1. The normalized spacial score (nSPS) is 11.5. The second-order valence-corrected chi connectivity index (χ2v) is 7.97. The summed E-state index contributed by atoms with van der Waals surface area (Å²) in [5.41, 5.74) is 3.62. The van der Waals surface area contributed by atoms with Gasteiger partial charge in [-0.3, -0.25) is 9.36 Å². The van der Waals surface area contributed by atoms with Crippen LogP contribution >= 0.6 is 11.8 Å². The van der Waals surface area contributed by atoms with Crippen molar-refractivity contribution >= 4 is 22.8 Å². The molecule has 0 bridgehead atoms. The van der Waals surface area contributed by atoms with Crippen LogP contribution in [0.4, 0.5) is 0 Å². The zero-order valence-electron chi connectivity index (χ0n) is 16.7. The number of methoxy groups -OCH3 is 1. The average molecular weight is 386 g/mol. The number of hydrogen-bond donors (Lipinski definition) is 0. The maximum atomic E-state index is 13.3. The number of aromatic nitrogens is 3. The first-order valence-electron chi connectivity index (χ1n) is 9.22. The Morgan fingerprint density at radius 1 is 1.22 bits per heavy atom. The monoisotopic (exact) mass is 385 g/mol. The lowest BCUT2D eigenvalue weighted by Crippen LogP contribution is -2.25. The van der Waals surface area contributed by atoms with Gasteiger partial charge in [0.2, 0.25) is 0 Å². The standard InChI is InChI=1S/C21H27N3O2S/c1-14(2)9-10-23-20(25)19-18(22-21(23)27-5)11-15(3)24(19)13-16-7-6-8-17(12-16)26-4/h6-8,11-12,14H,9-10,13H2,1-5H3. The Kier molecular flexibility index (Phi) is 5.95. The molecule has 1 aromatic carbocycles. The van der Waals surface area contributed by atoms with E-state index in [9.17, 15) is 4.79 Å². The van der Waals surface area contributed by atoms with E-state index in [1.807, 2.05) is 42.0 Å². The molecule has 0 atom stereocenters. The van der Waals surface area contributed by atoms with Crippen molar-refractivity contribution in [3.8, 4) is 5.75 Å². The molecule has 0 fully saturated rings. The van der Waals surface area contributed by atoms with E-state index in [1.165, 1.54) is 11.8 Å². The van der Waals surface area contributed by atoms with Crippen molar-refractivity contribution < 1.29 is 4.74 Å². The van der Waals surface area contributed by atoms with Crippen LogP contribution in [0, 0.1) is 12.8 Å². The number of fused-ring (bicyclic) bond motifs is 1. The average Bonchev–Trinajstić information content (AvgIpc) is 2.96. The van der Waals surface area contributed by atoms with Crippen LogP contribution in [0.1, 0.15) is 31.5 Å². The summed E-state index contributed by atoms with van der Waals surface area (Å²) in [5.74, 6) is 1.35. The highest BCUT2D eigenvalue weighted by Gasteiger charge is 2.17. The van der Waals surface area contributed by atoms with Crippen LogP contribution in [0.15, 0.2) is 40.3 Å². The first-order valence-corrected chi connectivity index (χ1v) is 10.4. The number of aryl methyl sites for hydroxylation is 1. The van der Waals surface area contributed by atoms with Crippen LogP contribution in [-0.2, 0) is 13.1 Å². The summed E-state index contributed by atoms with van der Waals surface area (Å²) in [6, 6.07) is 9.96. The molecule has 2 heterocycles. The Morgan fingerprint density at radius 3 is 2.67 bits per heavy atom. The smallest absolute Gasteiger partial charge is 0.278 e. The van der Waals surface area contributed by atoms with Gasteiger partial charge in [-0.25, -0.2) is 4.98 Å². The molecule has 3 aromatic rings. The molecule has 0 aliphatic heterocycles. The maximum Gasteiger partial charge on any atom is 0.278 e. The van der Waals surface area contributed by atoms with Crippen molar-refractivity contribution in [2.75, 3.05) is 13.4 Å². The fourth-order valence-corrected chi connectivity index (χ4v) is 3.83. The number of nitrogens with zero attached hydrogens (tertiary/aromatic N) is 3. The summed E-state index contributed by atoms with van der Waals surface area (Å²) in [4.78, 5) is 18.1. The molecular formula is C21H27N3O2S. The molecule has 0 saturated heterocycles. The molecule has 0 spiro atoms. The van der Waals surface area contributed by atoms with E-state index in [0.29, 0.717) is 24.5 Å². The Morgan fingerprint density at radius 2 is 2.00 bits per heavy atom. The van der Waals surface area contributed by atoms with Crippen molar-refractivity contribution in [3.63, 3.8) is 0 Å². The predicted octanol–water partition coefficient (Wildman–Crippen LogP) is 4.33. The first-order chi connectivity index (χ1) is 12.9. The van der Waals surface area contributed by atoms with Gasteiger partial charge in [0.15, 0.2) is 5.16 Å². The fourth-order valence-electron chi connectivity index (χ4n) is 3.24. The third kappa shape index (κ3) is 4.05. The van der Waals surface area contributed by atoms with E-state index in [-0.39, 0.29) is 5.56 Å². The minimum absolute atomic E-state index is 0.0426. The summed E-state index contributed by atoms with van der Waals surface area (Å²) < 4.78 is 9.22. The van der Waals surface area contributed by atoms with Gasteiger partial charge < -0.3 is 9.30 Å². The third-order valence-electron chi connectivity index (χ3n) is 4.77. The Bertz CT molecular complexity index is 1000. The number of ether oxygens (including phenoxy) is 1. The Labute approximate surface area is 164 Å². The van der Waals surface area contributed by atoms with Crippen LogP contribution in [0.3, 0.4) is 0 Å². The van der Waals surface area contributed by atoms with E-state index < -0.39 is 0 Å². The van der Waals surface area contributed by atoms with Gasteiger partial charge in [-0.1, -0.05) is 37.7 Å². The molecule has 0 unspecified atom stereocenters. The summed E-state index contributed by atoms with van der Waals surface area (Å²) >= 11 is 1.53. The highest BCUT2D eigenvalue weighted by Crippen LogP contribution is 2.22.